The SMILES string of the molecule is O=C(Nc1cc(Br)ccn1)c1cc(F)ccc1F. The molecule has 0 unspecified atom stereocenters. The summed E-state index contributed by atoms with van der Waals surface area (Å²) in [7, 11) is 0. The van der Waals surface area contributed by atoms with Crippen molar-refractivity contribution in [3.8, 4) is 0 Å². The Morgan fingerprint density at radius 3 is 2.72 bits per heavy atom. The smallest absolute Gasteiger partial charge is 0.259 e. The number of hydrogen-bond donors (Lipinski definition) is 1. The van der Waals surface area contributed by atoms with Gasteiger partial charge in [0.15, 0.2) is 0 Å². The molecule has 1 aromatic heterocycles. The Kier molecular flexibility index (Phi) is 3.66. The average molecular weight is 313 g/mol. The molecule has 0 fully saturated rings. The minimum absolute atomic E-state index is 0.248. The molecule has 1 heterocycles. The van der Waals surface area contributed by atoms with Gasteiger partial charge in [0.1, 0.15) is 17.5 Å². The number of rotatable bonds is 2. The normalized spacial score (nSPS) is 10.2. The van der Waals surface area contributed by atoms with Gasteiger partial charge in [0.25, 0.3) is 5.91 Å². The second-order valence-electron chi connectivity index (χ2n) is 3.44. The third-order valence-electron chi connectivity index (χ3n) is 2.14. The topological polar surface area (TPSA) is 42.0 Å². The summed E-state index contributed by atoms with van der Waals surface area (Å²) >= 11 is 3.21. The number of benzene rings is 1. The Hall–Kier alpha value is -1.82. The van der Waals surface area contributed by atoms with Gasteiger partial charge in [-0.05, 0) is 30.3 Å². The van der Waals surface area contributed by atoms with E-state index in [4.69, 9.17) is 0 Å². The molecule has 1 aromatic carbocycles. The van der Waals surface area contributed by atoms with Crippen molar-refractivity contribution in [1.82, 2.24) is 4.98 Å². The van der Waals surface area contributed by atoms with E-state index >= 15 is 0 Å². The monoisotopic (exact) mass is 312 g/mol. The lowest BCUT2D eigenvalue weighted by Crippen LogP contribution is -2.14. The van der Waals surface area contributed by atoms with E-state index in [1.165, 1.54) is 6.20 Å². The highest BCUT2D eigenvalue weighted by atomic mass is 79.9. The van der Waals surface area contributed by atoms with Crippen LogP contribution in [0.4, 0.5) is 14.6 Å². The summed E-state index contributed by atoms with van der Waals surface area (Å²) in [6.07, 6.45) is 1.47. The maximum atomic E-state index is 13.3. The van der Waals surface area contributed by atoms with Crippen molar-refractivity contribution >= 4 is 27.7 Å². The molecule has 0 aliphatic rings. The van der Waals surface area contributed by atoms with Crippen molar-refractivity contribution in [3.05, 3.63) is 58.2 Å². The zero-order valence-corrected chi connectivity index (χ0v) is 10.5. The van der Waals surface area contributed by atoms with Crippen molar-refractivity contribution in [2.75, 3.05) is 5.32 Å². The van der Waals surface area contributed by atoms with Gasteiger partial charge in [-0.1, -0.05) is 15.9 Å². The lowest BCUT2D eigenvalue weighted by molar-refractivity contribution is 0.102. The minimum Gasteiger partial charge on any atom is -0.306 e. The molecule has 0 atom stereocenters. The molecule has 2 rings (SSSR count). The number of carbonyl (C=O) groups is 1. The van der Waals surface area contributed by atoms with Gasteiger partial charge >= 0.3 is 0 Å². The van der Waals surface area contributed by atoms with Crippen LogP contribution < -0.4 is 5.32 Å². The fraction of sp³-hybridized carbons (Fsp3) is 0. The molecule has 0 saturated heterocycles. The minimum atomic E-state index is -0.788. The van der Waals surface area contributed by atoms with E-state index in [-0.39, 0.29) is 11.4 Å². The molecule has 18 heavy (non-hydrogen) atoms. The molecular weight excluding hydrogens is 306 g/mol. The van der Waals surface area contributed by atoms with Gasteiger partial charge in [0.05, 0.1) is 5.56 Å². The molecule has 0 aliphatic carbocycles. The first-order chi connectivity index (χ1) is 8.56. The Labute approximate surface area is 110 Å². The summed E-state index contributed by atoms with van der Waals surface area (Å²) in [5.74, 6) is -1.97. The van der Waals surface area contributed by atoms with Crippen LogP contribution in [-0.4, -0.2) is 10.9 Å². The fourth-order valence-corrected chi connectivity index (χ4v) is 1.66. The summed E-state index contributed by atoms with van der Waals surface area (Å²) < 4.78 is 27.0. The quantitative estimate of drug-likeness (QED) is 0.923. The average Bonchev–Trinajstić information content (AvgIpc) is 2.32. The predicted molar refractivity (Wildman–Crippen MR) is 66.2 cm³/mol. The fourth-order valence-electron chi connectivity index (χ4n) is 1.33. The Morgan fingerprint density at radius 2 is 2.00 bits per heavy atom. The maximum absolute atomic E-state index is 13.3. The zero-order chi connectivity index (χ0) is 13.1. The third-order valence-corrected chi connectivity index (χ3v) is 2.63. The molecule has 0 radical (unpaired) electrons. The Morgan fingerprint density at radius 1 is 1.22 bits per heavy atom. The number of carbonyl (C=O) groups excluding carboxylic acids is 1. The van der Waals surface area contributed by atoms with Gasteiger partial charge < -0.3 is 5.32 Å². The first-order valence-corrected chi connectivity index (χ1v) is 5.73. The van der Waals surface area contributed by atoms with Crippen LogP contribution in [0.25, 0.3) is 0 Å². The number of amides is 1. The van der Waals surface area contributed by atoms with E-state index in [9.17, 15) is 13.6 Å². The molecular formula is C12H7BrF2N2O. The highest BCUT2D eigenvalue weighted by molar-refractivity contribution is 9.10. The van der Waals surface area contributed by atoms with Crippen LogP contribution in [0.15, 0.2) is 41.0 Å². The molecule has 6 heteroatoms. The van der Waals surface area contributed by atoms with Crippen LogP contribution in [0, 0.1) is 11.6 Å². The van der Waals surface area contributed by atoms with Gasteiger partial charge in [0.2, 0.25) is 0 Å². The van der Waals surface area contributed by atoms with E-state index < -0.39 is 17.5 Å². The highest BCUT2D eigenvalue weighted by Gasteiger charge is 2.13. The summed E-state index contributed by atoms with van der Waals surface area (Å²) in [6.45, 7) is 0. The summed E-state index contributed by atoms with van der Waals surface area (Å²) in [5, 5.41) is 2.38. The summed E-state index contributed by atoms with van der Waals surface area (Å²) in [6, 6.07) is 5.91. The lowest BCUT2D eigenvalue weighted by atomic mass is 10.2. The molecule has 2 aromatic rings. The first kappa shape index (κ1) is 12.6. The number of hydrogen-bond acceptors (Lipinski definition) is 2. The highest BCUT2D eigenvalue weighted by Crippen LogP contribution is 2.15. The van der Waals surface area contributed by atoms with E-state index in [0.717, 1.165) is 18.2 Å². The van der Waals surface area contributed by atoms with Gasteiger partial charge in [-0.3, -0.25) is 4.79 Å². The molecule has 1 N–H and O–H groups in total. The number of pyridine rings is 1. The van der Waals surface area contributed by atoms with Gasteiger partial charge in [-0.25, -0.2) is 13.8 Å². The lowest BCUT2D eigenvalue weighted by Gasteiger charge is -2.05. The van der Waals surface area contributed by atoms with Crippen molar-refractivity contribution in [3.63, 3.8) is 0 Å². The number of aromatic nitrogens is 1. The van der Waals surface area contributed by atoms with E-state index in [1.807, 2.05) is 0 Å². The molecule has 0 spiro atoms. The van der Waals surface area contributed by atoms with E-state index in [1.54, 1.807) is 12.1 Å². The standard InChI is InChI=1S/C12H7BrF2N2O/c13-7-3-4-16-11(5-7)17-12(18)9-6-8(14)1-2-10(9)15/h1-6H,(H,16,17,18). The van der Waals surface area contributed by atoms with Gasteiger partial charge in [-0.15, -0.1) is 0 Å². The van der Waals surface area contributed by atoms with Crippen molar-refractivity contribution in [1.29, 1.82) is 0 Å². The van der Waals surface area contributed by atoms with Crippen molar-refractivity contribution in [2.24, 2.45) is 0 Å². The first-order valence-electron chi connectivity index (χ1n) is 4.94. The molecule has 0 aliphatic heterocycles. The predicted octanol–water partition coefficient (Wildman–Crippen LogP) is 3.37. The third kappa shape index (κ3) is 2.89. The Balaban J connectivity index is 2.24. The summed E-state index contributed by atoms with van der Waals surface area (Å²) in [5.41, 5.74) is -0.364. The zero-order valence-electron chi connectivity index (χ0n) is 8.95. The van der Waals surface area contributed by atoms with Crippen LogP contribution in [0.3, 0.4) is 0 Å². The maximum Gasteiger partial charge on any atom is 0.259 e. The van der Waals surface area contributed by atoms with Gasteiger partial charge in [0, 0.05) is 10.7 Å². The van der Waals surface area contributed by atoms with Crippen molar-refractivity contribution in [2.45, 2.75) is 0 Å². The molecule has 3 nitrogen and oxygen atoms in total. The van der Waals surface area contributed by atoms with Crippen LogP contribution in [-0.2, 0) is 0 Å². The second-order valence-corrected chi connectivity index (χ2v) is 4.35. The molecule has 0 bridgehead atoms. The number of nitrogens with one attached hydrogen (secondary N) is 1. The molecule has 92 valence electrons. The van der Waals surface area contributed by atoms with E-state index in [2.05, 4.69) is 26.2 Å². The number of anilines is 1. The van der Waals surface area contributed by atoms with E-state index in [0.29, 0.717) is 4.47 Å². The van der Waals surface area contributed by atoms with Crippen LogP contribution in [0.5, 0.6) is 0 Å². The molecule has 0 saturated carbocycles. The van der Waals surface area contributed by atoms with Crippen molar-refractivity contribution < 1.29 is 13.6 Å². The Bertz CT molecular complexity index is 604. The number of halogens is 3. The molecule has 1 amide bonds. The van der Waals surface area contributed by atoms with Gasteiger partial charge in [-0.2, -0.15) is 0 Å². The van der Waals surface area contributed by atoms with Crippen LogP contribution in [0.1, 0.15) is 10.4 Å². The van der Waals surface area contributed by atoms with Crippen LogP contribution >= 0.6 is 15.9 Å². The second kappa shape index (κ2) is 5.22. The number of nitrogens with zero attached hydrogens (tertiary/aromatic N) is 1. The summed E-state index contributed by atoms with van der Waals surface area (Å²) in [4.78, 5) is 15.6. The largest absolute Gasteiger partial charge is 0.306 e. The van der Waals surface area contributed by atoms with Crippen LogP contribution in [0.2, 0.25) is 0 Å².